The summed E-state index contributed by atoms with van der Waals surface area (Å²) in [5.74, 6) is 2.46. The zero-order valence-electron chi connectivity index (χ0n) is 55.4. The van der Waals surface area contributed by atoms with E-state index in [1.165, 1.54) is 0 Å². The molecule has 498 valence electrons. The SMILES string of the molecule is COc1cc(N2CCC(N3CCN(C)CC3)CC2)c(N)cc1Nc1nccc(-c2[nH]c(CCC(O)C(CCO)c3nc(-c4ccc5ccccc5c4)c(-c4ccnc(Nc5cc(N)c(N6CCC(N7CCN(C)CC7)CC6)cc5OC)n4)[nH]3)nc2-c2ccc3ccccc3c2)n1. The first-order chi connectivity index (χ1) is 46.9. The van der Waals surface area contributed by atoms with E-state index in [0.29, 0.717) is 110 Å². The molecule has 10 N–H and O–H groups in total. The van der Waals surface area contributed by atoms with Crippen LogP contribution in [0.4, 0.5) is 46.0 Å². The van der Waals surface area contributed by atoms with Gasteiger partial charge in [-0.3, -0.25) is 9.80 Å². The lowest BCUT2D eigenvalue weighted by Crippen LogP contribution is -2.52. The number of anilines is 8. The second-order valence-electron chi connectivity index (χ2n) is 26.2. The van der Waals surface area contributed by atoms with Gasteiger partial charge in [-0.15, -0.1) is 0 Å². The number of nitrogen functional groups attached to an aromatic ring is 2. The van der Waals surface area contributed by atoms with Gasteiger partial charge < -0.3 is 71.4 Å². The summed E-state index contributed by atoms with van der Waals surface area (Å²) >= 11 is 0. The lowest BCUT2D eigenvalue weighted by atomic mass is 9.94. The molecule has 0 radical (unpaired) electrons. The molecule has 14 rings (SSSR count). The molecule has 0 saturated carbocycles. The zero-order valence-corrected chi connectivity index (χ0v) is 55.4. The van der Waals surface area contributed by atoms with Crippen molar-refractivity contribution in [3.63, 3.8) is 0 Å². The molecule has 8 heterocycles. The smallest absolute Gasteiger partial charge is 0.227 e. The molecule has 2 unspecified atom stereocenters. The number of hydrogen-bond acceptors (Lipinski definition) is 20. The standard InChI is InChI=1S/C74H88N18O4/c1-87-32-36-89(37-33-87)53-21-28-91(29-22-53)62-45-65(95-3)60(43-56(62)75)81-73-77-26-19-58(79-73)70-68(51-15-13-47-9-5-7-11-49(47)41-51)83-67(84-70)18-17-64(94)55(25-40-93)72-85-69(52-16-14-48-10-6-8-12-50(48)42-52)71(86-72)59-20-27-78-74(80-59)82-61-44-57(76)63(46-66(61)96-4)92-30-23-54(24-31-92)90-38-34-88(2)35-39-90/h5-16,19-20,26-27,41-46,53-55,64,93-94H,17-18,21-25,28-40,75-76H2,1-4H3,(H,83,84)(H,85,86)(H,77,79,81)(H,78,80,82). The Bertz CT molecular complexity index is 4340. The fourth-order valence-corrected chi connectivity index (χ4v) is 14.6. The zero-order chi connectivity index (χ0) is 65.8. The summed E-state index contributed by atoms with van der Waals surface area (Å²) in [6.45, 7) is 12.4. The number of piperidine rings is 2. The summed E-state index contributed by atoms with van der Waals surface area (Å²) in [4.78, 5) is 52.2. The number of aromatic nitrogens is 8. The molecule has 10 aromatic rings. The summed E-state index contributed by atoms with van der Waals surface area (Å²) in [6.07, 6.45) is 7.65. The average molecular weight is 1290 g/mol. The Labute approximate surface area is 560 Å². The van der Waals surface area contributed by atoms with E-state index in [1.54, 1.807) is 26.6 Å². The van der Waals surface area contributed by atoms with E-state index >= 15 is 0 Å². The minimum Gasteiger partial charge on any atom is -0.494 e. The number of aryl methyl sites for hydroxylation is 1. The fraction of sp³-hybridized carbons (Fsp3) is 0.378. The topological polar surface area (TPSA) is 263 Å². The summed E-state index contributed by atoms with van der Waals surface area (Å²) in [5, 5.41) is 34.4. The maximum absolute atomic E-state index is 12.5. The van der Waals surface area contributed by atoms with Crippen molar-refractivity contribution in [2.75, 3.05) is 145 Å². The molecule has 22 nitrogen and oxygen atoms in total. The number of nitrogens with two attached hydrogens (primary N) is 2. The van der Waals surface area contributed by atoms with Gasteiger partial charge in [-0.25, -0.2) is 29.9 Å². The summed E-state index contributed by atoms with van der Waals surface area (Å²) in [5.41, 5.74) is 23.8. The molecule has 0 amide bonds. The van der Waals surface area contributed by atoms with Crippen molar-refractivity contribution < 1.29 is 19.7 Å². The Kier molecular flexibility index (Phi) is 19.0. The van der Waals surface area contributed by atoms with Crippen LogP contribution in [-0.2, 0) is 6.42 Å². The lowest BCUT2D eigenvalue weighted by molar-refractivity contribution is 0.0982. The van der Waals surface area contributed by atoms with E-state index in [9.17, 15) is 10.2 Å². The third kappa shape index (κ3) is 13.8. The van der Waals surface area contributed by atoms with Gasteiger partial charge in [0.25, 0.3) is 0 Å². The van der Waals surface area contributed by atoms with Gasteiger partial charge in [-0.2, -0.15) is 0 Å². The molecule has 4 saturated heterocycles. The van der Waals surface area contributed by atoms with Gasteiger partial charge in [0.2, 0.25) is 11.9 Å². The van der Waals surface area contributed by atoms with Gasteiger partial charge in [-0.05, 0) is 111 Å². The van der Waals surface area contributed by atoms with Crippen LogP contribution in [0.15, 0.2) is 134 Å². The number of hydrogen-bond donors (Lipinski definition) is 8. The second-order valence-corrected chi connectivity index (χ2v) is 26.2. The van der Waals surface area contributed by atoms with Crippen LogP contribution in [0, 0.1) is 0 Å². The number of likely N-dealkylation sites (N-methyl/N-ethyl adjacent to an activating group) is 2. The molecule has 2 atom stereocenters. The van der Waals surface area contributed by atoms with E-state index < -0.39 is 12.0 Å². The third-order valence-corrected chi connectivity index (χ3v) is 20.2. The number of aliphatic hydroxyl groups excluding tert-OH is 2. The van der Waals surface area contributed by atoms with Crippen LogP contribution in [-0.4, -0.2) is 201 Å². The molecule has 4 fully saturated rings. The Morgan fingerprint density at radius 3 is 1.46 bits per heavy atom. The number of ether oxygens (including phenoxy) is 2. The molecule has 6 aromatic carbocycles. The highest BCUT2D eigenvalue weighted by molar-refractivity contribution is 5.91. The van der Waals surface area contributed by atoms with Crippen molar-refractivity contribution in [2.24, 2.45) is 0 Å². The number of nitrogens with one attached hydrogen (secondary N) is 4. The van der Waals surface area contributed by atoms with Crippen molar-refractivity contribution in [3.8, 4) is 56.8 Å². The molecule has 22 heteroatoms. The minimum absolute atomic E-state index is 0.191. The first-order valence-electron chi connectivity index (χ1n) is 33.9. The number of aromatic amines is 2. The number of aliphatic hydroxyl groups is 2. The number of fused-ring (bicyclic) bond motifs is 2. The van der Waals surface area contributed by atoms with E-state index in [4.69, 9.17) is 40.9 Å². The number of piperazine rings is 2. The monoisotopic (exact) mass is 1290 g/mol. The Morgan fingerprint density at radius 1 is 0.531 bits per heavy atom. The Morgan fingerprint density at radius 2 is 0.990 bits per heavy atom. The second kappa shape index (κ2) is 28.5. The molecule has 4 aliphatic heterocycles. The van der Waals surface area contributed by atoms with Crippen LogP contribution in [0.5, 0.6) is 11.5 Å². The normalized spacial score (nSPS) is 17.3. The highest BCUT2D eigenvalue weighted by atomic mass is 16.5. The van der Waals surface area contributed by atoms with E-state index in [-0.39, 0.29) is 19.4 Å². The fourth-order valence-electron chi connectivity index (χ4n) is 14.6. The number of imidazole rings is 2. The molecular formula is C74H88N18O4. The van der Waals surface area contributed by atoms with Crippen molar-refractivity contribution in [1.82, 2.24) is 59.5 Å². The van der Waals surface area contributed by atoms with Gasteiger partial charge in [0.1, 0.15) is 23.1 Å². The molecule has 0 spiro atoms. The highest BCUT2D eigenvalue weighted by Gasteiger charge is 2.32. The quantitative estimate of drug-likeness (QED) is 0.0311. The Hall–Kier alpha value is -9.42. The number of rotatable bonds is 21. The number of methoxy groups -OCH3 is 2. The lowest BCUT2D eigenvalue weighted by Gasteiger charge is -2.42. The molecular weight excluding hydrogens is 1200 g/mol. The van der Waals surface area contributed by atoms with Crippen molar-refractivity contribution in [3.05, 3.63) is 145 Å². The minimum atomic E-state index is -0.970. The van der Waals surface area contributed by atoms with Crippen molar-refractivity contribution in [1.29, 1.82) is 0 Å². The maximum Gasteiger partial charge on any atom is 0.227 e. The number of nitrogens with zero attached hydrogens (tertiary/aromatic N) is 12. The largest absolute Gasteiger partial charge is 0.494 e. The summed E-state index contributed by atoms with van der Waals surface area (Å²) in [7, 11) is 7.73. The first-order valence-corrected chi connectivity index (χ1v) is 33.9. The van der Waals surface area contributed by atoms with Crippen molar-refractivity contribution >= 4 is 67.6 Å². The van der Waals surface area contributed by atoms with Crippen molar-refractivity contribution in [2.45, 2.75) is 69.1 Å². The maximum atomic E-state index is 12.5. The van der Waals surface area contributed by atoms with Crippen LogP contribution in [0.25, 0.3) is 66.8 Å². The molecule has 4 aliphatic rings. The number of benzene rings is 6. The molecule has 0 aliphatic carbocycles. The van der Waals surface area contributed by atoms with Gasteiger partial charge in [-0.1, -0.05) is 72.8 Å². The van der Waals surface area contributed by atoms with Gasteiger partial charge in [0.05, 0.1) is 88.6 Å². The van der Waals surface area contributed by atoms with Gasteiger partial charge >= 0.3 is 0 Å². The van der Waals surface area contributed by atoms with E-state index in [1.807, 2.05) is 60.7 Å². The highest BCUT2D eigenvalue weighted by Crippen LogP contribution is 2.42. The summed E-state index contributed by atoms with van der Waals surface area (Å²) < 4.78 is 12.0. The van der Waals surface area contributed by atoms with Crippen LogP contribution >= 0.6 is 0 Å². The third-order valence-electron chi connectivity index (χ3n) is 20.2. The number of H-pyrrole nitrogens is 2. The molecule has 96 heavy (non-hydrogen) atoms. The van der Waals surface area contributed by atoms with Crippen LogP contribution in [0.1, 0.15) is 56.1 Å². The predicted molar refractivity (Wildman–Crippen MR) is 384 cm³/mol. The van der Waals surface area contributed by atoms with E-state index in [2.05, 4.69) is 135 Å². The van der Waals surface area contributed by atoms with E-state index in [0.717, 1.165) is 148 Å². The van der Waals surface area contributed by atoms with Gasteiger partial charge in [0, 0.05) is 145 Å². The van der Waals surface area contributed by atoms with Crippen LogP contribution in [0.3, 0.4) is 0 Å². The molecule has 0 bridgehead atoms. The van der Waals surface area contributed by atoms with Crippen LogP contribution < -0.4 is 41.4 Å². The first kappa shape index (κ1) is 63.9. The van der Waals surface area contributed by atoms with Gasteiger partial charge in [0.15, 0.2) is 0 Å². The Balaban J connectivity index is 0.719. The van der Waals surface area contributed by atoms with Crippen LogP contribution in [0.2, 0.25) is 0 Å². The average Bonchev–Trinajstić information content (AvgIpc) is 1.54. The summed E-state index contributed by atoms with van der Waals surface area (Å²) in [6, 6.07) is 41.7. The molecule has 4 aromatic heterocycles. The predicted octanol–water partition coefficient (Wildman–Crippen LogP) is 10.2.